The molecule has 0 heterocycles. The summed E-state index contributed by atoms with van der Waals surface area (Å²) in [5, 5.41) is 12.0. The van der Waals surface area contributed by atoms with Crippen molar-refractivity contribution in [2.24, 2.45) is 11.5 Å². The number of amides is 1. The molecular weight excluding hydrogens is 492 g/mol. The minimum Gasteiger partial charge on any atom is -0.478 e. The monoisotopic (exact) mass is 516 g/mol. The second kappa shape index (κ2) is 11.3. The fraction of sp³-hybridized carbons (Fsp3) is 0.167. The van der Waals surface area contributed by atoms with E-state index in [2.05, 4.69) is 5.32 Å². The van der Waals surface area contributed by atoms with Crippen LogP contribution in [-0.4, -0.2) is 31.9 Å². The normalized spacial score (nSPS) is 11.2. The van der Waals surface area contributed by atoms with Gasteiger partial charge < -0.3 is 21.9 Å². The summed E-state index contributed by atoms with van der Waals surface area (Å²) < 4.78 is 28.2. The van der Waals surface area contributed by atoms with Crippen molar-refractivity contribution in [3.05, 3.63) is 94.0 Å². The van der Waals surface area contributed by atoms with Crippen LogP contribution in [0.3, 0.4) is 0 Å². The number of hydrogen-bond donors (Lipinski definition) is 4. The zero-order chi connectivity index (χ0) is 25.6. The van der Waals surface area contributed by atoms with Crippen LogP contribution in [0.4, 0.5) is 5.69 Å². The fourth-order valence-corrected chi connectivity index (χ4v) is 5.06. The van der Waals surface area contributed by atoms with Gasteiger partial charge in [0.15, 0.2) is 0 Å². The molecule has 0 fully saturated rings. The summed E-state index contributed by atoms with van der Waals surface area (Å²) in [6, 6.07) is 16.8. The maximum absolute atomic E-state index is 13.6. The van der Waals surface area contributed by atoms with Crippen molar-refractivity contribution in [1.29, 1.82) is 0 Å². The number of anilines is 1. The number of nitrogens with zero attached hydrogens (tertiary/aromatic N) is 1. The molecule has 0 aliphatic heterocycles. The summed E-state index contributed by atoms with van der Waals surface area (Å²) in [4.78, 5) is 23.8. The van der Waals surface area contributed by atoms with Gasteiger partial charge in [-0.2, -0.15) is 0 Å². The lowest BCUT2D eigenvalue weighted by molar-refractivity contribution is -0.119. The topological polar surface area (TPSA) is 156 Å². The highest BCUT2D eigenvalue weighted by Crippen LogP contribution is 2.31. The minimum atomic E-state index is -4.17. The first-order valence-electron chi connectivity index (χ1n) is 10.6. The molecule has 3 rings (SSSR count). The molecule has 1 amide bonds. The molecule has 6 N–H and O–H groups in total. The highest BCUT2D eigenvalue weighted by molar-refractivity contribution is 7.92. The van der Waals surface area contributed by atoms with Gasteiger partial charge in [0, 0.05) is 30.2 Å². The molecule has 0 spiro atoms. The molecule has 0 saturated heterocycles. The predicted octanol–water partition coefficient (Wildman–Crippen LogP) is 2.47. The molecule has 11 heteroatoms. The van der Waals surface area contributed by atoms with E-state index in [1.807, 2.05) is 0 Å². The third-order valence-electron chi connectivity index (χ3n) is 5.29. The Morgan fingerprint density at radius 2 is 1.54 bits per heavy atom. The van der Waals surface area contributed by atoms with Crippen molar-refractivity contribution < 1.29 is 23.1 Å². The Labute approximate surface area is 208 Å². The third kappa shape index (κ3) is 6.17. The van der Waals surface area contributed by atoms with Gasteiger partial charge in [-0.25, -0.2) is 13.2 Å². The Balaban J connectivity index is 1.90. The van der Waals surface area contributed by atoms with E-state index < -0.39 is 28.4 Å². The van der Waals surface area contributed by atoms with Gasteiger partial charge in [0.1, 0.15) is 6.54 Å². The second-order valence-corrected chi connectivity index (χ2v) is 9.85. The van der Waals surface area contributed by atoms with Crippen LogP contribution in [0.2, 0.25) is 5.02 Å². The molecule has 0 atom stereocenters. The summed E-state index contributed by atoms with van der Waals surface area (Å²) in [7, 11) is -4.17. The second-order valence-electron chi connectivity index (χ2n) is 7.58. The smallest absolute Gasteiger partial charge is 0.335 e. The van der Waals surface area contributed by atoms with Gasteiger partial charge >= 0.3 is 5.97 Å². The fourth-order valence-electron chi connectivity index (χ4n) is 3.36. The standard InChI is InChI=1S/C24H25ClN4O5S/c25-21-2-1-3-22(20(21)13-27)29(35(33,34)19-10-6-16(12-26)7-11-19)15-23(30)28-14-17-4-8-18(9-5-17)24(31)32/h1-11H,12-15,26-27H2,(H,28,30)(H,31,32). The summed E-state index contributed by atoms with van der Waals surface area (Å²) in [5.41, 5.74) is 13.6. The van der Waals surface area contributed by atoms with Crippen LogP contribution in [0.5, 0.6) is 0 Å². The Hall–Kier alpha value is -3.44. The van der Waals surface area contributed by atoms with Crippen LogP contribution in [0, 0.1) is 0 Å². The number of aromatic carboxylic acids is 1. The third-order valence-corrected chi connectivity index (χ3v) is 7.42. The summed E-state index contributed by atoms with van der Waals surface area (Å²) in [6.45, 7) is -0.227. The first kappa shape index (κ1) is 26.2. The first-order valence-corrected chi connectivity index (χ1v) is 12.4. The van der Waals surface area contributed by atoms with Crippen molar-refractivity contribution >= 4 is 39.2 Å². The van der Waals surface area contributed by atoms with Gasteiger partial charge in [-0.3, -0.25) is 9.10 Å². The van der Waals surface area contributed by atoms with Gasteiger partial charge in [0.25, 0.3) is 10.0 Å². The van der Waals surface area contributed by atoms with E-state index in [4.69, 9.17) is 28.2 Å². The van der Waals surface area contributed by atoms with Gasteiger partial charge in [-0.15, -0.1) is 0 Å². The van der Waals surface area contributed by atoms with Crippen LogP contribution >= 0.6 is 11.6 Å². The predicted molar refractivity (Wildman–Crippen MR) is 133 cm³/mol. The Morgan fingerprint density at radius 1 is 0.914 bits per heavy atom. The molecule has 35 heavy (non-hydrogen) atoms. The number of carboxylic acids is 1. The molecular formula is C24H25ClN4O5S. The molecule has 0 saturated carbocycles. The molecule has 0 radical (unpaired) electrons. The van der Waals surface area contributed by atoms with Crippen molar-refractivity contribution in [2.45, 2.75) is 24.5 Å². The number of carbonyl (C=O) groups is 2. The van der Waals surface area contributed by atoms with Crippen LogP contribution in [-0.2, 0) is 34.5 Å². The largest absolute Gasteiger partial charge is 0.478 e. The number of hydrogen-bond acceptors (Lipinski definition) is 6. The summed E-state index contributed by atoms with van der Waals surface area (Å²) >= 11 is 6.26. The molecule has 184 valence electrons. The Morgan fingerprint density at radius 3 is 2.11 bits per heavy atom. The van der Waals surface area contributed by atoms with Crippen molar-refractivity contribution in [2.75, 3.05) is 10.8 Å². The van der Waals surface area contributed by atoms with E-state index in [9.17, 15) is 18.0 Å². The van der Waals surface area contributed by atoms with Crippen LogP contribution < -0.4 is 21.1 Å². The zero-order valence-electron chi connectivity index (χ0n) is 18.6. The number of nitrogens with two attached hydrogens (primary N) is 2. The van der Waals surface area contributed by atoms with E-state index >= 15 is 0 Å². The molecule has 0 aliphatic carbocycles. The average molecular weight is 517 g/mol. The molecule has 9 nitrogen and oxygen atoms in total. The van der Waals surface area contributed by atoms with E-state index in [-0.39, 0.29) is 40.8 Å². The molecule has 0 unspecified atom stereocenters. The number of rotatable bonds is 10. The van der Waals surface area contributed by atoms with Crippen LogP contribution in [0.1, 0.15) is 27.0 Å². The minimum absolute atomic E-state index is 0.0188. The van der Waals surface area contributed by atoms with E-state index in [1.165, 1.54) is 30.3 Å². The molecule has 0 aromatic heterocycles. The van der Waals surface area contributed by atoms with Crippen molar-refractivity contribution in [3.63, 3.8) is 0 Å². The maximum Gasteiger partial charge on any atom is 0.335 e. The number of carbonyl (C=O) groups excluding carboxylic acids is 1. The lowest BCUT2D eigenvalue weighted by Gasteiger charge is -2.26. The number of benzene rings is 3. The van der Waals surface area contributed by atoms with Gasteiger partial charge in [-0.05, 0) is 47.5 Å². The SMILES string of the molecule is NCc1ccc(S(=O)(=O)N(CC(=O)NCc2ccc(C(=O)O)cc2)c2cccc(Cl)c2CN)cc1. The van der Waals surface area contributed by atoms with E-state index in [1.54, 1.807) is 36.4 Å². The number of nitrogens with one attached hydrogen (secondary N) is 1. The number of carboxylic acid groups (broad SMARTS) is 1. The van der Waals surface area contributed by atoms with Gasteiger partial charge in [0.2, 0.25) is 5.91 Å². The van der Waals surface area contributed by atoms with Crippen LogP contribution in [0.25, 0.3) is 0 Å². The maximum atomic E-state index is 13.6. The quantitative estimate of drug-likeness (QED) is 0.322. The highest BCUT2D eigenvalue weighted by atomic mass is 35.5. The Bertz CT molecular complexity index is 1310. The number of sulfonamides is 1. The van der Waals surface area contributed by atoms with Crippen molar-refractivity contribution in [1.82, 2.24) is 5.32 Å². The summed E-state index contributed by atoms with van der Waals surface area (Å²) in [5.74, 6) is -1.63. The van der Waals surface area contributed by atoms with Crippen molar-refractivity contribution in [3.8, 4) is 0 Å². The zero-order valence-corrected chi connectivity index (χ0v) is 20.2. The van der Waals surface area contributed by atoms with Gasteiger partial charge in [0.05, 0.1) is 16.1 Å². The van der Waals surface area contributed by atoms with E-state index in [0.717, 1.165) is 9.87 Å². The number of halogens is 1. The molecule has 0 bridgehead atoms. The summed E-state index contributed by atoms with van der Waals surface area (Å²) in [6.07, 6.45) is 0. The Kier molecular flexibility index (Phi) is 8.47. The highest BCUT2D eigenvalue weighted by Gasteiger charge is 2.29. The molecule has 3 aromatic rings. The van der Waals surface area contributed by atoms with Gasteiger partial charge in [-0.1, -0.05) is 41.9 Å². The van der Waals surface area contributed by atoms with Crippen LogP contribution in [0.15, 0.2) is 71.6 Å². The lowest BCUT2D eigenvalue weighted by Crippen LogP contribution is -2.41. The first-order chi connectivity index (χ1) is 16.7. The molecule has 3 aromatic carbocycles. The molecule has 0 aliphatic rings. The average Bonchev–Trinajstić information content (AvgIpc) is 2.86. The van der Waals surface area contributed by atoms with E-state index in [0.29, 0.717) is 11.1 Å². The lowest BCUT2D eigenvalue weighted by atomic mass is 10.1.